The van der Waals surface area contributed by atoms with Gasteiger partial charge in [-0.2, -0.15) is 13.2 Å². The van der Waals surface area contributed by atoms with Crippen LogP contribution < -0.4 is 5.84 Å². The Morgan fingerprint density at radius 3 is 2.43 bits per heavy atom. The van der Waals surface area contributed by atoms with Gasteiger partial charge in [0.1, 0.15) is 0 Å². The number of halogens is 3. The maximum absolute atomic E-state index is 12.3. The second-order valence-electron chi connectivity index (χ2n) is 2.79. The van der Waals surface area contributed by atoms with E-state index in [2.05, 4.69) is 4.98 Å². The number of nitrogen functional groups attached to an aromatic ring is 1. The molecule has 0 saturated heterocycles. The fourth-order valence-corrected chi connectivity index (χ4v) is 1.24. The van der Waals surface area contributed by atoms with Crippen LogP contribution in [-0.4, -0.2) is 9.66 Å². The van der Waals surface area contributed by atoms with Gasteiger partial charge in [-0.05, 0) is 12.1 Å². The van der Waals surface area contributed by atoms with Crippen molar-refractivity contribution < 1.29 is 13.2 Å². The molecule has 6 heteroatoms. The van der Waals surface area contributed by atoms with Gasteiger partial charge in [-0.25, -0.2) is 9.66 Å². The molecule has 0 spiro atoms. The Morgan fingerprint density at radius 2 is 1.86 bits per heavy atom. The number of nitrogens with two attached hydrogens (primary N) is 1. The van der Waals surface area contributed by atoms with Crippen molar-refractivity contribution in [3.05, 3.63) is 30.1 Å². The minimum Gasteiger partial charge on any atom is -0.337 e. The Labute approximate surface area is 76.9 Å². The lowest BCUT2D eigenvalue weighted by molar-refractivity contribution is -0.146. The molecule has 2 N–H and O–H groups in total. The van der Waals surface area contributed by atoms with E-state index in [0.717, 1.165) is 0 Å². The van der Waals surface area contributed by atoms with Crippen LogP contribution in [-0.2, 0) is 6.18 Å². The third-order valence-corrected chi connectivity index (χ3v) is 1.85. The minimum absolute atomic E-state index is 0.238. The third-order valence-electron chi connectivity index (χ3n) is 1.85. The van der Waals surface area contributed by atoms with Gasteiger partial charge in [0.15, 0.2) is 0 Å². The number of rotatable bonds is 0. The number of alkyl halides is 3. The second-order valence-corrected chi connectivity index (χ2v) is 2.79. The fourth-order valence-electron chi connectivity index (χ4n) is 1.24. The van der Waals surface area contributed by atoms with Crippen molar-refractivity contribution in [2.24, 2.45) is 0 Å². The summed E-state index contributed by atoms with van der Waals surface area (Å²) in [6, 6.07) is 6.18. The van der Waals surface area contributed by atoms with Crippen molar-refractivity contribution in [2.45, 2.75) is 6.18 Å². The monoisotopic (exact) mass is 201 g/mol. The normalized spacial score (nSPS) is 12.2. The Morgan fingerprint density at radius 1 is 1.21 bits per heavy atom. The highest BCUT2D eigenvalue weighted by atomic mass is 19.4. The molecular weight excluding hydrogens is 195 g/mol. The summed E-state index contributed by atoms with van der Waals surface area (Å²) >= 11 is 0. The maximum atomic E-state index is 12.3. The van der Waals surface area contributed by atoms with E-state index in [0.29, 0.717) is 4.68 Å². The molecule has 0 aliphatic carbocycles. The van der Waals surface area contributed by atoms with E-state index >= 15 is 0 Å². The van der Waals surface area contributed by atoms with E-state index in [1.54, 1.807) is 12.1 Å². The highest BCUT2D eigenvalue weighted by molar-refractivity contribution is 5.76. The number of hydrogen-bond donors (Lipinski definition) is 1. The Kier molecular flexibility index (Phi) is 1.67. The summed E-state index contributed by atoms with van der Waals surface area (Å²) < 4.78 is 37.5. The van der Waals surface area contributed by atoms with Crippen LogP contribution in [0.4, 0.5) is 13.2 Å². The summed E-state index contributed by atoms with van der Waals surface area (Å²) in [5.41, 5.74) is 0.502. The molecule has 0 amide bonds. The van der Waals surface area contributed by atoms with Gasteiger partial charge in [-0.3, -0.25) is 0 Å². The number of para-hydroxylation sites is 2. The van der Waals surface area contributed by atoms with Crippen LogP contribution in [0.15, 0.2) is 24.3 Å². The molecule has 74 valence electrons. The van der Waals surface area contributed by atoms with Gasteiger partial charge >= 0.3 is 6.18 Å². The van der Waals surface area contributed by atoms with Gasteiger partial charge < -0.3 is 5.84 Å². The topological polar surface area (TPSA) is 43.8 Å². The summed E-state index contributed by atoms with van der Waals surface area (Å²) in [4.78, 5) is 3.40. The summed E-state index contributed by atoms with van der Waals surface area (Å²) in [6.45, 7) is 0. The summed E-state index contributed by atoms with van der Waals surface area (Å²) in [5, 5.41) is 0. The molecule has 1 heterocycles. The highest BCUT2D eigenvalue weighted by Crippen LogP contribution is 2.29. The van der Waals surface area contributed by atoms with Gasteiger partial charge in [0.05, 0.1) is 11.0 Å². The molecule has 3 nitrogen and oxygen atoms in total. The van der Waals surface area contributed by atoms with Gasteiger partial charge in [-0.1, -0.05) is 12.1 Å². The first-order valence-corrected chi connectivity index (χ1v) is 3.80. The zero-order valence-electron chi connectivity index (χ0n) is 6.92. The molecule has 0 atom stereocenters. The van der Waals surface area contributed by atoms with Crippen LogP contribution in [0.5, 0.6) is 0 Å². The van der Waals surface area contributed by atoms with E-state index < -0.39 is 12.0 Å². The molecular formula is C8H6F3N3. The zero-order chi connectivity index (χ0) is 10.3. The lowest BCUT2D eigenvalue weighted by Gasteiger charge is -2.04. The lowest BCUT2D eigenvalue weighted by atomic mass is 10.3. The lowest BCUT2D eigenvalue weighted by Crippen LogP contribution is -2.20. The number of imidazole rings is 1. The van der Waals surface area contributed by atoms with Crippen LogP contribution in [0.3, 0.4) is 0 Å². The van der Waals surface area contributed by atoms with Crippen LogP contribution in [0.25, 0.3) is 11.0 Å². The van der Waals surface area contributed by atoms with Gasteiger partial charge in [-0.15, -0.1) is 0 Å². The highest BCUT2D eigenvalue weighted by Gasteiger charge is 2.37. The number of benzene rings is 1. The first-order valence-electron chi connectivity index (χ1n) is 3.80. The number of fused-ring (bicyclic) bond motifs is 1. The molecule has 0 bridgehead atoms. The second kappa shape index (κ2) is 2.63. The molecule has 0 aliphatic rings. The number of nitrogens with zero attached hydrogens (tertiary/aromatic N) is 2. The van der Waals surface area contributed by atoms with Crippen LogP contribution in [0.2, 0.25) is 0 Å². The smallest absolute Gasteiger partial charge is 0.337 e. The quantitative estimate of drug-likeness (QED) is 0.660. The Hall–Kier alpha value is -1.72. The third kappa shape index (κ3) is 1.19. The van der Waals surface area contributed by atoms with E-state index in [9.17, 15) is 13.2 Å². The van der Waals surface area contributed by atoms with E-state index in [-0.39, 0.29) is 11.0 Å². The number of aromatic nitrogens is 2. The SMILES string of the molecule is Nn1c(C(F)(F)F)nc2ccccc21. The van der Waals surface area contributed by atoms with Crippen LogP contribution in [0.1, 0.15) is 5.82 Å². The molecule has 0 unspecified atom stereocenters. The average Bonchev–Trinajstić information content (AvgIpc) is 2.44. The predicted molar refractivity (Wildman–Crippen MR) is 44.9 cm³/mol. The molecule has 2 aromatic rings. The number of hydrogen-bond acceptors (Lipinski definition) is 2. The summed E-state index contributed by atoms with van der Waals surface area (Å²) in [6.07, 6.45) is -4.52. The maximum Gasteiger partial charge on any atom is 0.451 e. The van der Waals surface area contributed by atoms with E-state index in [1.807, 2.05) is 0 Å². The van der Waals surface area contributed by atoms with Crippen molar-refractivity contribution in [1.82, 2.24) is 9.66 Å². The van der Waals surface area contributed by atoms with E-state index in [4.69, 9.17) is 5.84 Å². The van der Waals surface area contributed by atoms with Crippen molar-refractivity contribution >= 4 is 11.0 Å². The van der Waals surface area contributed by atoms with E-state index in [1.165, 1.54) is 12.1 Å². The van der Waals surface area contributed by atoms with Crippen molar-refractivity contribution in [1.29, 1.82) is 0 Å². The minimum atomic E-state index is -4.52. The van der Waals surface area contributed by atoms with Crippen LogP contribution in [0, 0.1) is 0 Å². The molecule has 0 radical (unpaired) electrons. The molecule has 14 heavy (non-hydrogen) atoms. The van der Waals surface area contributed by atoms with Crippen molar-refractivity contribution in [3.8, 4) is 0 Å². The Bertz CT molecular complexity index is 472. The average molecular weight is 201 g/mol. The first-order chi connectivity index (χ1) is 6.50. The summed E-state index contributed by atoms with van der Waals surface area (Å²) in [7, 11) is 0. The van der Waals surface area contributed by atoms with Crippen LogP contribution >= 0.6 is 0 Å². The zero-order valence-corrected chi connectivity index (χ0v) is 6.92. The van der Waals surface area contributed by atoms with Gasteiger partial charge in [0.25, 0.3) is 0 Å². The summed E-state index contributed by atoms with van der Waals surface area (Å²) in [5.74, 6) is 4.17. The predicted octanol–water partition coefficient (Wildman–Crippen LogP) is 1.77. The molecule has 0 fully saturated rings. The van der Waals surface area contributed by atoms with Gasteiger partial charge in [0.2, 0.25) is 5.82 Å². The molecule has 2 rings (SSSR count). The molecule has 1 aromatic carbocycles. The first kappa shape index (κ1) is 8.86. The standard InChI is InChI=1S/C8H6F3N3/c9-8(10,11)7-13-5-3-1-2-4-6(5)14(7)12/h1-4H,12H2. The Balaban J connectivity index is 2.75. The molecule has 0 saturated carbocycles. The van der Waals surface area contributed by atoms with Crippen molar-refractivity contribution in [3.63, 3.8) is 0 Å². The largest absolute Gasteiger partial charge is 0.451 e. The fraction of sp³-hybridized carbons (Fsp3) is 0.125. The van der Waals surface area contributed by atoms with Crippen molar-refractivity contribution in [2.75, 3.05) is 5.84 Å². The van der Waals surface area contributed by atoms with Gasteiger partial charge in [0, 0.05) is 0 Å². The molecule has 1 aromatic heterocycles. The molecule has 0 aliphatic heterocycles.